The van der Waals surface area contributed by atoms with E-state index in [9.17, 15) is 19.2 Å². The van der Waals surface area contributed by atoms with Gasteiger partial charge in [0.15, 0.2) is 0 Å². The quantitative estimate of drug-likeness (QED) is 0.102. The molecule has 2 aromatic heterocycles. The molecule has 5 heterocycles. The molecule has 65 heavy (non-hydrogen) atoms. The highest BCUT2D eigenvalue weighted by molar-refractivity contribution is 6.07. The first-order valence-electron chi connectivity index (χ1n) is 22.2. The Bertz CT molecular complexity index is 2820. The topological polar surface area (TPSA) is 193 Å². The molecule has 1 saturated carbocycles. The summed E-state index contributed by atoms with van der Waals surface area (Å²) in [5.74, 6) is 2.13. The number of rotatable bonds is 11. The maximum absolute atomic E-state index is 14.4. The Kier molecular flexibility index (Phi) is 10.9. The zero-order valence-corrected chi connectivity index (χ0v) is 36.9. The van der Waals surface area contributed by atoms with Crippen LogP contribution in [0.4, 0.5) is 9.59 Å². The Morgan fingerprint density at radius 3 is 2.42 bits per heavy atom. The van der Waals surface area contributed by atoms with E-state index in [1.165, 1.54) is 14.2 Å². The summed E-state index contributed by atoms with van der Waals surface area (Å²) >= 11 is 0. The van der Waals surface area contributed by atoms with Crippen molar-refractivity contribution in [2.24, 2.45) is 17.8 Å². The van der Waals surface area contributed by atoms with Gasteiger partial charge in [-0.1, -0.05) is 62.4 Å². The van der Waals surface area contributed by atoms with Crippen molar-refractivity contribution in [2.45, 2.75) is 69.9 Å². The molecule has 4 amide bonds. The highest BCUT2D eigenvalue weighted by Crippen LogP contribution is 2.53. The molecule has 0 unspecified atom stereocenters. The lowest BCUT2D eigenvalue weighted by Crippen LogP contribution is -2.52. The molecular weight excluding hydrogens is 829 g/mol. The van der Waals surface area contributed by atoms with E-state index in [-0.39, 0.29) is 35.7 Å². The average Bonchev–Trinajstić information content (AvgIpc) is 3.79. The SMILES string of the molecule is COC[C@H]1C[C@@H](c2nc3ccc4cc5c(cc4c3[nH]2)OCc2cc(-c3cnc([C@@H]4C[C@H]6C[C@H]6N4C(=O)[C@@H](NC(=O)OC)C(C)C)[nH]3)ccc2-5)N(C(=O)[C@H](NC(=O)OC)c2ccccc2)C1. The van der Waals surface area contributed by atoms with Crippen LogP contribution in [-0.2, 0) is 30.4 Å². The molecule has 0 radical (unpaired) electrons. The molecule has 4 aromatic carbocycles. The number of fused-ring (bicyclic) bond motifs is 7. The Balaban J connectivity index is 0.914. The molecule has 16 nitrogen and oxygen atoms in total. The van der Waals surface area contributed by atoms with Crippen molar-refractivity contribution in [3.63, 3.8) is 0 Å². The smallest absolute Gasteiger partial charge is 0.407 e. The largest absolute Gasteiger partial charge is 0.488 e. The van der Waals surface area contributed by atoms with Crippen LogP contribution < -0.4 is 15.4 Å². The number of nitrogens with one attached hydrogen (secondary N) is 4. The second-order valence-electron chi connectivity index (χ2n) is 18.0. The van der Waals surface area contributed by atoms with E-state index in [2.05, 4.69) is 57.0 Å². The lowest BCUT2D eigenvalue weighted by molar-refractivity contribution is -0.137. The van der Waals surface area contributed by atoms with E-state index in [1.807, 2.05) is 61.3 Å². The number of H-pyrrole nitrogens is 2. The van der Waals surface area contributed by atoms with Crippen LogP contribution in [-0.4, -0.2) is 100 Å². The third-order valence-electron chi connectivity index (χ3n) is 13.6. The predicted octanol–water partition coefficient (Wildman–Crippen LogP) is 7.34. The highest BCUT2D eigenvalue weighted by atomic mass is 16.5. The second-order valence-corrected chi connectivity index (χ2v) is 18.0. The van der Waals surface area contributed by atoms with Crippen LogP contribution in [0.1, 0.15) is 74.0 Å². The average molecular weight is 881 g/mol. The number of alkyl carbamates (subject to hydrolysis) is 2. The fraction of sp³-hybridized carbons (Fsp3) is 0.388. The minimum Gasteiger partial charge on any atom is -0.488 e. The van der Waals surface area contributed by atoms with Gasteiger partial charge in [-0.25, -0.2) is 19.6 Å². The molecule has 2 saturated heterocycles. The van der Waals surface area contributed by atoms with Crippen molar-refractivity contribution >= 4 is 45.8 Å². The van der Waals surface area contributed by atoms with E-state index in [1.54, 1.807) is 12.0 Å². The summed E-state index contributed by atoms with van der Waals surface area (Å²) in [6.45, 7) is 5.11. The van der Waals surface area contributed by atoms with Gasteiger partial charge < -0.3 is 49.3 Å². The van der Waals surface area contributed by atoms with Crippen LogP contribution in [0.3, 0.4) is 0 Å². The summed E-state index contributed by atoms with van der Waals surface area (Å²) in [7, 11) is 4.23. The molecule has 4 N–H and O–H groups in total. The molecule has 336 valence electrons. The van der Waals surface area contributed by atoms with E-state index >= 15 is 0 Å². The Hall–Kier alpha value is -6.94. The van der Waals surface area contributed by atoms with Crippen molar-refractivity contribution in [1.82, 2.24) is 40.4 Å². The number of carbonyl (C=O) groups is 4. The first kappa shape index (κ1) is 42.0. The van der Waals surface area contributed by atoms with Gasteiger partial charge in [0, 0.05) is 36.6 Å². The molecule has 6 aromatic rings. The molecule has 3 fully saturated rings. The number of hydrogen-bond acceptors (Lipinski definition) is 10. The third-order valence-corrected chi connectivity index (χ3v) is 13.6. The number of amides is 4. The van der Waals surface area contributed by atoms with Gasteiger partial charge in [-0.15, -0.1) is 0 Å². The van der Waals surface area contributed by atoms with Crippen molar-refractivity contribution < 1.29 is 38.1 Å². The van der Waals surface area contributed by atoms with Crippen LogP contribution in [0.25, 0.3) is 44.2 Å². The molecule has 16 heteroatoms. The molecule has 0 spiro atoms. The molecular formula is C49H52N8O8. The fourth-order valence-corrected chi connectivity index (χ4v) is 10.2. The number of likely N-dealkylation sites (tertiary alicyclic amines) is 2. The number of imidazole rings is 2. The summed E-state index contributed by atoms with van der Waals surface area (Å²) in [4.78, 5) is 73.6. The molecule has 7 atom stereocenters. The number of aromatic nitrogens is 4. The van der Waals surface area contributed by atoms with Gasteiger partial charge >= 0.3 is 12.2 Å². The van der Waals surface area contributed by atoms with Crippen LogP contribution in [0.15, 0.2) is 79.0 Å². The maximum Gasteiger partial charge on any atom is 0.407 e. The van der Waals surface area contributed by atoms with Crippen LogP contribution in [0, 0.1) is 17.8 Å². The van der Waals surface area contributed by atoms with E-state index < -0.39 is 30.3 Å². The zero-order valence-electron chi connectivity index (χ0n) is 36.9. The van der Waals surface area contributed by atoms with Gasteiger partial charge in [0.1, 0.15) is 36.1 Å². The Labute approximate surface area is 375 Å². The lowest BCUT2D eigenvalue weighted by atomic mass is 9.92. The van der Waals surface area contributed by atoms with Crippen molar-refractivity contribution in [2.75, 3.05) is 34.5 Å². The minimum atomic E-state index is -0.954. The summed E-state index contributed by atoms with van der Waals surface area (Å²) in [5, 5.41) is 7.44. The monoisotopic (exact) mass is 880 g/mol. The highest BCUT2D eigenvalue weighted by Gasteiger charge is 2.56. The van der Waals surface area contributed by atoms with Gasteiger partial charge in [0.05, 0.1) is 55.8 Å². The number of carbonyl (C=O) groups excluding carboxylic acids is 4. The van der Waals surface area contributed by atoms with Gasteiger partial charge in [0.25, 0.3) is 5.91 Å². The number of benzene rings is 4. The summed E-state index contributed by atoms with van der Waals surface area (Å²) in [6, 6.07) is 21.6. The van der Waals surface area contributed by atoms with Crippen molar-refractivity contribution in [3.05, 3.63) is 102 Å². The molecule has 10 rings (SSSR count). The molecule has 4 aliphatic rings. The van der Waals surface area contributed by atoms with Crippen LogP contribution >= 0.6 is 0 Å². The number of aromatic amines is 2. The zero-order chi connectivity index (χ0) is 45.1. The van der Waals surface area contributed by atoms with Gasteiger partial charge in [-0.05, 0) is 83.0 Å². The molecule has 0 bridgehead atoms. The van der Waals surface area contributed by atoms with Crippen LogP contribution in [0.2, 0.25) is 0 Å². The van der Waals surface area contributed by atoms with Gasteiger partial charge in [-0.3, -0.25) is 9.59 Å². The third kappa shape index (κ3) is 7.68. The predicted molar refractivity (Wildman–Crippen MR) is 240 cm³/mol. The summed E-state index contributed by atoms with van der Waals surface area (Å²) in [6.07, 6.45) is 2.91. The Morgan fingerprint density at radius 2 is 1.65 bits per heavy atom. The lowest BCUT2D eigenvalue weighted by Gasteiger charge is -2.31. The van der Waals surface area contributed by atoms with Gasteiger partial charge in [0.2, 0.25) is 5.91 Å². The number of methoxy groups -OCH3 is 3. The van der Waals surface area contributed by atoms with Gasteiger partial charge in [-0.2, -0.15) is 0 Å². The van der Waals surface area contributed by atoms with Crippen LogP contribution in [0.5, 0.6) is 5.75 Å². The fourth-order valence-electron chi connectivity index (χ4n) is 10.2. The van der Waals surface area contributed by atoms with Crippen molar-refractivity contribution in [1.29, 1.82) is 0 Å². The first-order chi connectivity index (χ1) is 31.5. The molecule has 3 aliphatic heterocycles. The summed E-state index contributed by atoms with van der Waals surface area (Å²) < 4.78 is 21.7. The number of nitrogens with zero attached hydrogens (tertiary/aromatic N) is 4. The minimum absolute atomic E-state index is 0.0597. The summed E-state index contributed by atoms with van der Waals surface area (Å²) in [5.41, 5.74) is 7.15. The maximum atomic E-state index is 14.4. The number of ether oxygens (including phenoxy) is 4. The van der Waals surface area contributed by atoms with Crippen molar-refractivity contribution in [3.8, 4) is 28.1 Å². The normalized spacial score (nSPS) is 21.6. The first-order valence-corrected chi connectivity index (χ1v) is 22.2. The van der Waals surface area contributed by atoms with E-state index in [0.717, 1.165) is 74.2 Å². The number of hydrogen-bond donors (Lipinski definition) is 4. The van der Waals surface area contributed by atoms with E-state index in [0.29, 0.717) is 43.5 Å². The second kappa shape index (κ2) is 16.9. The molecule has 1 aliphatic carbocycles. The Morgan fingerprint density at radius 1 is 0.846 bits per heavy atom. The van der Waals surface area contributed by atoms with E-state index in [4.69, 9.17) is 28.9 Å². The number of piperidine rings is 1. The standard InChI is InChI=1S/C49H52N8O8/c1-25(2)41(54-48(60)63-4)47(59)57-37-18-30(37)19-39(57)44-50-21-36(52-44)29-11-13-32-31(16-29)24-65-40-20-33-28(17-34(32)40)12-14-35-43(33)53-45(51-35)38-15-26(23-62-3)22-56(38)46(58)42(55-49(61)64-5)27-9-7-6-8-10-27/h6-14,16-17,20-21,25-26,30,37-39,41-42H,15,18-19,22-24H2,1-5H3,(H,50,52)(H,51,53)(H,54,60)(H,55,61)/t26-,30+,37+,38-,39-,41-,42+/m0/s1.